The van der Waals surface area contributed by atoms with E-state index in [0.29, 0.717) is 12.8 Å². The Labute approximate surface area is 252 Å². The lowest BCUT2D eigenvalue weighted by Gasteiger charge is -2.25. The Morgan fingerprint density at radius 1 is 0.707 bits per heavy atom. The Morgan fingerprint density at radius 2 is 1.12 bits per heavy atom. The zero-order chi connectivity index (χ0) is 30.4. The van der Waals surface area contributed by atoms with Crippen molar-refractivity contribution in [1.29, 1.82) is 0 Å². The maximum Gasteiger partial charge on any atom is 0.472 e. The zero-order valence-corrected chi connectivity index (χ0v) is 27.7. The Hall–Kier alpha value is -0.500. The van der Waals surface area contributed by atoms with Gasteiger partial charge in [-0.3, -0.25) is 13.8 Å². The lowest BCUT2D eigenvalue weighted by Crippen LogP contribution is -2.46. The Bertz CT molecular complexity index is 625. The van der Waals surface area contributed by atoms with Crippen molar-refractivity contribution < 1.29 is 28.4 Å². The summed E-state index contributed by atoms with van der Waals surface area (Å²) in [6.07, 6.45) is 26.8. The summed E-state index contributed by atoms with van der Waals surface area (Å²) in [4.78, 5) is 22.5. The van der Waals surface area contributed by atoms with Crippen molar-refractivity contribution in [1.82, 2.24) is 5.32 Å². The van der Waals surface area contributed by atoms with Crippen LogP contribution in [-0.4, -0.2) is 47.8 Å². The first-order chi connectivity index (χ1) is 19.9. The number of hydrogen-bond acceptors (Lipinski definition) is 6. The van der Waals surface area contributed by atoms with Crippen molar-refractivity contribution in [2.75, 3.05) is 19.8 Å². The van der Waals surface area contributed by atoms with Crippen molar-refractivity contribution >= 4 is 13.7 Å². The van der Waals surface area contributed by atoms with Crippen LogP contribution in [0.25, 0.3) is 0 Å². The van der Waals surface area contributed by atoms with E-state index < -0.39 is 20.0 Å². The summed E-state index contributed by atoms with van der Waals surface area (Å²) < 4.78 is 22.0. The predicted molar refractivity (Wildman–Crippen MR) is 171 cm³/mol. The van der Waals surface area contributed by atoms with E-state index >= 15 is 0 Å². The van der Waals surface area contributed by atoms with Crippen LogP contribution in [0.4, 0.5) is 0 Å². The van der Waals surface area contributed by atoms with E-state index in [4.69, 9.17) is 14.8 Å². The molecule has 0 rings (SSSR count). The highest BCUT2D eigenvalue weighted by Gasteiger charge is 2.27. The Morgan fingerprint density at radius 3 is 1.56 bits per heavy atom. The molecule has 0 saturated carbocycles. The number of nitrogens with one attached hydrogen (secondary N) is 1. The van der Waals surface area contributed by atoms with Crippen LogP contribution in [0.5, 0.6) is 0 Å². The summed E-state index contributed by atoms with van der Waals surface area (Å²) >= 11 is 0. The van der Waals surface area contributed by atoms with Crippen molar-refractivity contribution in [2.45, 2.75) is 180 Å². The van der Waals surface area contributed by atoms with E-state index in [1.807, 2.05) is 0 Å². The quantitative estimate of drug-likeness (QED) is 0.0447. The van der Waals surface area contributed by atoms with E-state index in [2.05, 4.69) is 19.2 Å². The molecule has 41 heavy (non-hydrogen) atoms. The molecule has 3 atom stereocenters. The highest BCUT2D eigenvalue weighted by atomic mass is 31.2. The molecule has 9 heteroatoms. The molecule has 0 saturated heterocycles. The van der Waals surface area contributed by atoms with Gasteiger partial charge in [0, 0.05) is 13.0 Å². The third-order valence-corrected chi connectivity index (χ3v) is 8.70. The number of amides is 1. The van der Waals surface area contributed by atoms with Gasteiger partial charge in [0.25, 0.3) is 0 Å². The second kappa shape index (κ2) is 29.6. The van der Waals surface area contributed by atoms with Crippen LogP contribution in [0.1, 0.15) is 168 Å². The van der Waals surface area contributed by atoms with E-state index in [1.54, 1.807) is 0 Å². The summed E-state index contributed by atoms with van der Waals surface area (Å²) in [5.74, 6) is -0.163. The summed E-state index contributed by atoms with van der Waals surface area (Å²) in [5.41, 5.74) is 5.34. The first kappa shape index (κ1) is 40.5. The molecular weight excluding hydrogens is 539 g/mol. The number of phosphoric ester groups is 1. The van der Waals surface area contributed by atoms with Crippen molar-refractivity contribution in [2.24, 2.45) is 5.73 Å². The maximum atomic E-state index is 12.6. The predicted octanol–water partition coefficient (Wildman–Crippen LogP) is 8.33. The molecule has 0 aromatic rings. The average molecular weight is 607 g/mol. The molecule has 5 N–H and O–H groups in total. The number of nitrogens with two attached hydrogens (primary N) is 1. The number of aliphatic hydroxyl groups is 1. The molecule has 0 spiro atoms. The molecule has 0 heterocycles. The first-order valence-corrected chi connectivity index (χ1v) is 18.6. The second-order valence-corrected chi connectivity index (χ2v) is 13.2. The molecule has 0 aliphatic carbocycles. The Kier molecular flexibility index (Phi) is 29.2. The third kappa shape index (κ3) is 28.1. The summed E-state index contributed by atoms with van der Waals surface area (Å²) in [6, 6.07) is -0.763. The van der Waals surface area contributed by atoms with Crippen LogP contribution in [0.2, 0.25) is 0 Å². The van der Waals surface area contributed by atoms with Crippen molar-refractivity contribution in [3.63, 3.8) is 0 Å². The third-order valence-electron chi connectivity index (χ3n) is 7.71. The molecule has 0 aromatic heterocycles. The van der Waals surface area contributed by atoms with E-state index in [1.165, 1.54) is 103 Å². The average Bonchev–Trinajstić information content (AvgIpc) is 2.95. The molecule has 0 aliphatic heterocycles. The van der Waals surface area contributed by atoms with Crippen molar-refractivity contribution in [3.05, 3.63) is 0 Å². The monoisotopic (exact) mass is 606 g/mol. The molecule has 8 nitrogen and oxygen atoms in total. The molecule has 0 radical (unpaired) electrons. The van der Waals surface area contributed by atoms with Gasteiger partial charge in [-0.2, -0.15) is 0 Å². The highest BCUT2D eigenvalue weighted by molar-refractivity contribution is 7.47. The number of rotatable bonds is 32. The molecular formula is C32H67N2O6P. The fourth-order valence-corrected chi connectivity index (χ4v) is 5.84. The van der Waals surface area contributed by atoms with Crippen LogP contribution in [0, 0.1) is 0 Å². The minimum Gasteiger partial charge on any atom is -0.391 e. The number of unbranched alkanes of at least 4 members (excludes halogenated alkanes) is 20. The maximum absolute atomic E-state index is 12.6. The smallest absolute Gasteiger partial charge is 0.391 e. The van der Waals surface area contributed by atoms with Crippen LogP contribution < -0.4 is 11.1 Å². The molecule has 0 fully saturated rings. The van der Waals surface area contributed by atoms with Gasteiger partial charge >= 0.3 is 7.82 Å². The minimum absolute atomic E-state index is 0.0917. The summed E-state index contributed by atoms with van der Waals surface area (Å²) in [6.45, 7) is 4.17. The van der Waals surface area contributed by atoms with E-state index in [0.717, 1.165) is 38.5 Å². The fourth-order valence-electron chi connectivity index (χ4n) is 5.08. The minimum atomic E-state index is -4.29. The molecule has 0 aromatic carbocycles. The van der Waals surface area contributed by atoms with Gasteiger partial charge in [0.15, 0.2) is 0 Å². The van der Waals surface area contributed by atoms with Gasteiger partial charge in [0.1, 0.15) is 0 Å². The van der Waals surface area contributed by atoms with E-state index in [-0.39, 0.29) is 25.7 Å². The number of carbonyl (C=O) groups excluding carboxylic acids is 1. The van der Waals surface area contributed by atoms with Crippen LogP contribution >= 0.6 is 7.82 Å². The molecule has 246 valence electrons. The largest absolute Gasteiger partial charge is 0.472 e. The van der Waals surface area contributed by atoms with Crippen LogP contribution in [-0.2, 0) is 18.4 Å². The summed E-state index contributed by atoms with van der Waals surface area (Å²) in [5, 5.41) is 13.6. The molecule has 1 amide bonds. The molecule has 0 aliphatic rings. The molecule has 0 bridgehead atoms. The lowest BCUT2D eigenvalue weighted by atomic mass is 10.0. The lowest BCUT2D eigenvalue weighted by molar-refractivity contribution is -0.123. The number of aliphatic hydroxyl groups excluding tert-OH is 1. The van der Waals surface area contributed by atoms with Gasteiger partial charge in [-0.1, -0.05) is 149 Å². The zero-order valence-electron chi connectivity index (χ0n) is 26.8. The van der Waals surface area contributed by atoms with Gasteiger partial charge in [-0.25, -0.2) is 4.57 Å². The van der Waals surface area contributed by atoms with Crippen molar-refractivity contribution in [3.8, 4) is 0 Å². The second-order valence-electron chi connectivity index (χ2n) is 11.7. The topological polar surface area (TPSA) is 131 Å². The number of hydrogen-bond donors (Lipinski definition) is 4. The SMILES string of the molecule is CCCCCCCCCCCCCCCC(=O)NC(COP(=O)(O)OCCN)C(O)CCCCCCCCCCC. The number of carbonyl (C=O) groups is 1. The molecule has 3 unspecified atom stereocenters. The van der Waals surface area contributed by atoms with Gasteiger partial charge in [0.2, 0.25) is 5.91 Å². The van der Waals surface area contributed by atoms with Gasteiger partial charge in [0.05, 0.1) is 25.4 Å². The Balaban J connectivity index is 4.26. The highest BCUT2D eigenvalue weighted by Crippen LogP contribution is 2.43. The van der Waals surface area contributed by atoms with Crippen LogP contribution in [0.3, 0.4) is 0 Å². The van der Waals surface area contributed by atoms with E-state index in [9.17, 15) is 19.4 Å². The number of phosphoric acid groups is 1. The fraction of sp³-hybridized carbons (Fsp3) is 0.969. The van der Waals surface area contributed by atoms with Crippen LogP contribution in [0.15, 0.2) is 0 Å². The van der Waals surface area contributed by atoms with Gasteiger partial charge in [-0.15, -0.1) is 0 Å². The summed E-state index contributed by atoms with van der Waals surface area (Å²) in [7, 11) is -4.29. The first-order valence-electron chi connectivity index (χ1n) is 17.2. The normalized spacial score (nSPS) is 14.6. The standard InChI is InChI=1S/C32H67N2O6P/c1-3-5-7-9-11-13-14-15-16-18-20-22-24-26-32(36)34-30(29-40-41(37,38)39-28-27-33)31(35)25-23-21-19-17-12-10-8-6-4-2/h30-31,35H,3-29,33H2,1-2H3,(H,34,36)(H,37,38). The van der Waals surface area contributed by atoms with Gasteiger partial charge < -0.3 is 21.1 Å². The van der Waals surface area contributed by atoms with Gasteiger partial charge in [-0.05, 0) is 12.8 Å².